The van der Waals surface area contributed by atoms with Gasteiger partial charge < -0.3 is 10.6 Å². The molecule has 8 heteroatoms. The van der Waals surface area contributed by atoms with Crippen molar-refractivity contribution in [2.75, 3.05) is 10.6 Å². The number of hydrogen-bond donors (Lipinski definition) is 2. The monoisotopic (exact) mass is 322 g/mol. The first-order valence-electron chi connectivity index (χ1n) is 7.09. The van der Waals surface area contributed by atoms with E-state index >= 15 is 0 Å². The lowest BCUT2D eigenvalue weighted by atomic mass is 9.85. The van der Waals surface area contributed by atoms with Crippen molar-refractivity contribution in [2.45, 2.75) is 19.3 Å². The summed E-state index contributed by atoms with van der Waals surface area (Å²) in [7, 11) is 0. The Kier molecular flexibility index (Phi) is 4.14. The fraction of sp³-hybridized carbons (Fsp3) is 0.267. The highest BCUT2D eigenvalue weighted by atomic mass is 19.2. The first kappa shape index (κ1) is 15.3. The molecule has 2 aromatic rings. The van der Waals surface area contributed by atoms with Gasteiger partial charge in [0.25, 0.3) is 0 Å². The molecule has 1 aromatic carbocycles. The molecular formula is C15H13F3N4O. The van der Waals surface area contributed by atoms with Gasteiger partial charge in [0.15, 0.2) is 29.1 Å². The second kappa shape index (κ2) is 6.23. The normalized spacial score (nSPS) is 14.2. The maximum absolute atomic E-state index is 13.6. The van der Waals surface area contributed by atoms with E-state index in [1.54, 1.807) is 0 Å². The van der Waals surface area contributed by atoms with E-state index in [0.717, 1.165) is 31.4 Å². The number of aromatic nitrogens is 2. The SMILES string of the molecule is O=C(Nc1ccc(Nc2ccc(F)c(F)c2F)nn1)C1CCC1. The number of halogens is 3. The van der Waals surface area contributed by atoms with Gasteiger partial charge in [-0.05, 0) is 37.1 Å². The lowest BCUT2D eigenvalue weighted by molar-refractivity contribution is -0.122. The highest BCUT2D eigenvalue weighted by molar-refractivity contribution is 5.92. The minimum Gasteiger partial charge on any atom is -0.336 e. The number of carbonyl (C=O) groups is 1. The Bertz CT molecular complexity index is 732. The fourth-order valence-electron chi connectivity index (χ4n) is 2.12. The summed E-state index contributed by atoms with van der Waals surface area (Å²) in [6, 6.07) is 4.80. The predicted octanol–water partition coefficient (Wildman–Crippen LogP) is 3.38. The van der Waals surface area contributed by atoms with E-state index in [4.69, 9.17) is 0 Å². The van der Waals surface area contributed by atoms with Crippen molar-refractivity contribution in [1.29, 1.82) is 0 Å². The molecule has 1 heterocycles. The standard InChI is InChI=1S/C15H13F3N4O/c16-9-4-5-10(14(18)13(9)17)19-11-6-7-12(22-21-11)20-15(23)8-2-1-3-8/h4-8H,1-3H2,(H,19,21)(H,20,22,23). The van der Waals surface area contributed by atoms with Gasteiger partial charge in [0.05, 0.1) is 5.69 Å². The average Bonchev–Trinajstić information content (AvgIpc) is 2.48. The topological polar surface area (TPSA) is 66.9 Å². The van der Waals surface area contributed by atoms with Crippen molar-refractivity contribution in [2.24, 2.45) is 5.92 Å². The van der Waals surface area contributed by atoms with Crippen LogP contribution in [0.2, 0.25) is 0 Å². The van der Waals surface area contributed by atoms with Crippen molar-refractivity contribution in [1.82, 2.24) is 10.2 Å². The van der Waals surface area contributed by atoms with Gasteiger partial charge in [-0.3, -0.25) is 4.79 Å². The van der Waals surface area contributed by atoms with Gasteiger partial charge in [0.1, 0.15) is 0 Å². The number of benzene rings is 1. The first-order chi connectivity index (χ1) is 11.0. The van der Waals surface area contributed by atoms with Crippen LogP contribution in [0.3, 0.4) is 0 Å². The van der Waals surface area contributed by atoms with Crippen LogP contribution in [0.1, 0.15) is 19.3 Å². The summed E-state index contributed by atoms with van der Waals surface area (Å²) in [6.45, 7) is 0. The third-order valence-electron chi connectivity index (χ3n) is 3.69. The van der Waals surface area contributed by atoms with Crippen molar-refractivity contribution in [3.8, 4) is 0 Å². The van der Waals surface area contributed by atoms with Gasteiger partial charge >= 0.3 is 0 Å². The van der Waals surface area contributed by atoms with Crippen molar-refractivity contribution in [3.63, 3.8) is 0 Å². The summed E-state index contributed by atoms with van der Waals surface area (Å²) in [5, 5.41) is 12.7. The van der Waals surface area contributed by atoms with E-state index in [2.05, 4.69) is 20.8 Å². The molecule has 120 valence electrons. The van der Waals surface area contributed by atoms with Crippen molar-refractivity contribution < 1.29 is 18.0 Å². The molecule has 1 aliphatic carbocycles. The van der Waals surface area contributed by atoms with E-state index in [-0.39, 0.29) is 29.1 Å². The Morgan fingerprint density at radius 2 is 1.70 bits per heavy atom. The molecule has 3 rings (SSSR count). The van der Waals surface area contributed by atoms with Crippen LogP contribution >= 0.6 is 0 Å². The van der Waals surface area contributed by atoms with Crippen LogP contribution in [0, 0.1) is 23.4 Å². The summed E-state index contributed by atoms with van der Waals surface area (Å²) in [5.74, 6) is -3.84. The molecule has 0 bridgehead atoms. The minimum atomic E-state index is -1.56. The molecule has 1 aromatic heterocycles. The molecule has 0 atom stereocenters. The summed E-state index contributed by atoms with van der Waals surface area (Å²) < 4.78 is 39.6. The lowest BCUT2D eigenvalue weighted by Crippen LogP contribution is -2.28. The largest absolute Gasteiger partial charge is 0.336 e. The van der Waals surface area contributed by atoms with Gasteiger partial charge in [-0.1, -0.05) is 6.42 Å². The van der Waals surface area contributed by atoms with Crippen LogP contribution in [0.5, 0.6) is 0 Å². The van der Waals surface area contributed by atoms with Crippen LogP contribution in [0.25, 0.3) is 0 Å². The van der Waals surface area contributed by atoms with Crippen LogP contribution in [0.4, 0.5) is 30.5 Å². The molecule has 0 saturated heterocycles. The van der Waals surface area contributed by atoms with Gasteiger partial charge in [-0.2, -0.15) is 0 Å². The second-order valence-electron chi connectivity index (χ2n) is 5.27. The van der Waals surface area contributed by atoms with Crippen LogP contribution in [-0.2, 0) is 4.79 Å². The number of amides is 1. The molecule has 5 nitrogen and oxygen atoms in total. The fourth-order valence-corrected chi connectivity index (χ4v) is 2.12. The zero-order valence-electron chi connectivity index (χ0n) is 11.9. The molecule has 0 aliphatic heterocycles. The number of rotatable bonds is 4. The van der Waals surface area contributed by atoms with E-state index in [9.17, 15) is 18.0 Å². The second-order valence-corrected chi connectivity index (χ2v) is 5.27. The predicted molar refractivity (Wildman–Crippen MR) is 77.6 cm³/mol. The Morgan fingerprint density at radius 1 is 1.00 bits per heavy atom. The molecule has 0 unspecified atom stereocenters. The lowest BCUT2D eigenvalue weighted by Gasteiger charge is -2.23. The number of carbonyl (C=O) groups excluding carboxylic acids is 1. The molecule has 1 fully saturated rings. The smallest absolute Gasteiger partial charge is 0.228 e. The van der Waals surface area contributed by atoms with Gasteiger partial charge in [-0.25, -0.2) is 13.2 Å². The Morgan fingerprint density at radius 3 is 2.30 bits per heavy atom. The number of hydrogen-bond acceptors (Lipinski definition) is 4. The van der Waals surface area contributed by atoms with E-state index < -0.39 is 17.5 Å². The van der Waals surface area contributed by atoms with Crippen molar-refractivity contribution >= 4 is 23.2 Å². The van der Waals surface area contributed by atoms with Crippen LogP contribution in [-0.4, -0.2) is 16.1 Å². The van der Waals surface area contributed by atoms with E-state index in [1.165, 1.54) is 12.1 Å². The zero-order chi connectivity index (χ0) is 16.4. The van der Waals surface area contributed by atoms with E-state index in [1.807, 2.05) is 0 Å². The van der Waals surface area contributed by atoms with Gasteiger partial charge in [0.2, 0.25) is 5.91 Å². The molecule has 0 spiro atoms. The maximum atomic E-state index is 13.6. The minimum absolute atomic E-state index is 0.0193. The Hall–Kier alpha value is -2.64. The highest BCUT2D eigenvalue weighted by Gasteiger charge is 2.25. The molecule has 23 heavy (non-hydrogen) atoms. The quantitative estimate of drug-likeness (QED) is 0.847. The highest BCUT2D eigenvalue weighted by Crippen LogP contribution is 2.27. The number of nitrogens with one attached hydrogen (secondary N) is 2. The third kappa shape index (κ3) is 3.25. The number of anilines is 3. The maximum Gasteiger partial charge on any atom is 0.228 e. The van der Waals surface area contributed by atoms with Gasteiger partial charge in [0, 0.05) is 5.92 Å². The van der Waals surface area contributed by atoms with Crippen LogP contribution in [0.15, 0.2) is 24.3 Å². The summed E-state index contributed by atoms with van der Waals surface area (Å²) in [4.78, 5) is 11.8. The summed E-state index contributed by atoms with van der Waals surface area (Å²) in [6.07, 6.45) is 2.79. The van der Waals surface area contributed by atoms with Gasteiger partial charge in [-0.15, -0.1) is 10.2 Å². The van der Waals surface area contributed by atoms with Crippen LogP contribution < -0.4 is 10.6 Å². The Balaban J connectivity index is 1.68. The molecule has 2 N–H and O–H groups in total. The number of nitrogens with zero attached hydrogens (tertiary/aromatic N) is 2. The average molecular weight is 322 g/mol. The van der Waals surface area contributed by atoms with Crippen molar-refractivity contribution in [3.05, 3.63) is 41.7 Å². The first-order valence-corrected chi connectivity index (χ1v) is 7.09. The zero-order valence-corrected chi connectivity index (χ0v) is 11.9. The molecule has 1 saturated carbocycles. The van der Waals surface area contributed by atoms with E-state index in [0.29, 0.717) is 0 Å². The summed E-state index contributed by atoms with van der Waals surface area (Å²) in [5.41, 5.74) is -0.260. The third-order valence-corrected chi connectivity index (χ3v) is 3.69. The molecule has 0 radical (unpaired) electrons. The molecule has 1 amide bonds. The molecular weight excluding hydrogens is 309 g/mol. The molecule has 1 aliphatic rings. The summed E-state index contributed by atoms with van der Waals surface area (Å²) >= 11 is 0. The Labute approximate surface area is 129 Å².